The van der Waals surface area contributed by atoms with Crippen LogP contribution in [0.2, 0.25) is 0 Å². The Morgan fingerprint density at radius 1 is 1.39 bits per heavy atom. The Balaban J connectivity index is 2.53. The number of hydrogen-bond acceptors (Lipinski definition) is 4. The van der Waals surface area contributed by atoms with Crippen molar-refractivity contribution in [3.63, 3.8) is 0 Å². The van der Waals surface area contributed by atoms with Gasteiger partial charge in [0.1, 0.15) is 11.8 Å². The van der Waals surface area contributed by atoms with E-state index >= 15 is 0 Å². The summed E-state index contributed by atoms with van der Waals surface area (Å²) in [6, 6.07) is 10.7. The van der Waals surface area contributed by atoms with Crippen molar-refractivity contribution in [1.82, 2.24) is 4.90 Å². The Kier molecular flexibility index (Phi) is 5.21. The van der Waals surface area contributed by atoms with Gasteiger partial charge in [-0.2, -0.15) is 10.5 Å². The summed E-state index contributed by atoms with van der Waals surface area (Å²) in [7, 11) is 1.61. The molecule has 0 N–H and O–H groups in total. The first-order chi connectivity index (χ1) is 8.69. The molecular formula is C13H13N3O2. The van der Waals surface area contributed by atoms with Crippen LogP contribution < -0.4 is 4.74 Å². The molecule has 92 valence electrons. The molecule has 0 atom stereocenters. The first kappa shape index (κ1) is 13.5. The van der Waals surface area contributed by atoms with Gasteiger partial charge in [0.15, 0.2) is 6.61 Å². The number of para-hydroxylation sites is 1. The first-order valence-electron chi connectivity index (χ1n) is 5.42. The van der Waals surface area contributed by atoms with Crippen molar-refractivity contribution < 1.29 is 9.53 Å². The summed E-state index contributed by atoms with van der Waals surface area (Å²) in [6.07, 6.45) is 0.289. The fourth-order valence-electron chi connectivity index (χ4n) is 1.28. The molecule has 0 aliphatic rings. The number of hydrogen-bond donors (Lipinski definition) is 0. The standard InChI is InChI=1S/C13H13N3O2/c1-16(8-4-7-14)13(17)10-18-12-6-3-2-5-11(12)9-15/h2-3,5-6H,4,8,10H2,1H3. The van der Waals surface area contributed by atoms with Crippen molar-refractivity contribution >= 4 is 5.91 Å². The summed E-state index contributed by atoms with van der Waals surface area (Å²) in [5.41, 5.74) is 0.393. The SMILES string of the molecule is CN(CCC#N)C(=O)COc1ccccc1C#N. The number of nitrogens with zero attached hydrogens (tertiary/aromatic N) is 3. The second-order valence-electron chi connectivity index (χ2n) is 3.62. The van der Waals surface area contributed by atoms with Crippen molar-refractivity contribution in [3.05, 3.63) is 29.8 Å². The molecule has 5 nitrogen and oxygen atoms in total. The van der Waals surface area contributed by atoms with E-state index in [1.54, 1.807) is 31.3 Å². The molecule has 5 heteroatoms. The molecule has 18 heavy (non-hydrogen) atoms. The maximum atomic E-state index is 11.6. The lowest BCUT2D eigenvalue weighted by Gasteiger charge is -2.16. The molecule has 0 saturated heterocycles. The molecule has 0 aromatic heterocycles. The van der Waals surface area contributed by atoms with Crippen LogP contribution in [0.5, 0.6) is 5.75 Å². The number of carbonyl (C=O) groups is 1. The van der Waals surface area contributed by atoms with Crippen LogP contribution >= 0.6 is 0 Å². The number of likely N-dealkylation sites (N-methyl/N-ethyl adjacent to an activating group) is 1. The number of amides is 1. The molecule has 0 aliphatic carbocycles. The minimum absolute atomic E-state index is 0.138. The number of rotatable bonds is 5. The summed E-state index contributed by atoms with van der Waals surface area (Å²) in [6.45, 7) is 0.235. The Hall–Kier alpha value is -2.53. The molecule has 0 fully saturated rings. The predicted molar refractivity (Wildman–Crippen MR) is 64.5 cm³/mol. The average Bonchev–Trinajstić information content (AvgIpc) is 2.42. The lowest BCUT2D eigenvalue weighted by Crippen LogP contribution is -2.32. The van der Waals surface area contributed by atoms with Crippen LogP contribution in [0.4, 0.5) is 0 Å². The highest BCUT2D eigenvalue weighted by molar-refractivity contribution is 5.77. The van der Waals surface area contributed by atoms with Crippen molar-refractivity contribution in [2.45, 2.75) is 6.42 Å². The van der Waals surface area contributed by atoms with Gasteiger partial charge in [-0.05, 0) is 12.1 Å². The zero-order valence-electron chi connectivity index (χ0n) is 10.1. The lowest BCUT2D eigenvalue weighted by molar-refractivity contribution is -0.131. The van der Waals surface area contributed by atoms with Gasteiger partial charge in [0.2, 0.25) is 0 Å². The van der Waals surface area contributed by atoms with Gasteiger partial charge in [0.05, 0.1) is 18.1 Å². The van der Waals surface area contributed by atoms with Crippen LogP contribution in [0.3, 0.4) is 0 Å². The summed E-state index contributed by atoms with van der Waals surface area (Å²) in [4.78, 5) is 13.1. The fraction of sp³-hybridized carbons (Fsp3) is 0.308. The van der Waals surface area contributed by atoms with Crippen LogP contribution in [0, 0.1) is 22.7 Å². The van der Waals surface area contributed by atoms with Gasteiger partial charge < -0.3 is 9.64 Å². The molecule has 1 aromatic rings. The molecule has 0 aliphatic heterocycles. The minimum atomic E-state index is -0.224. The van der Waals surface area contributed by atoms with Gasteiger partial charge in [0, 0.05) is 13.6 Å². The molecule has 0 bridgehead atoms. The van der Waals surface area contributed by atoms with E-state index in [1.165, 1.54) is 4.90 Å². The maximum absolute atomic E-state index is 11.6. The first-order valence-corrected chi connectivity index (χ1v) is 5.42. The van der Waals surface area contributed by atoms with Gasteiger partial charge >= 0.3 is 0 Å². The highest BCUT2D eigenvalue weighted by Gasteiger charge is 2.10. The number of carbonyl (C=O) groups excluding carboxylic acids is 1. The lowest BCUT2D eigenvalue weighted by atomic mass is 10.2. The van der Waals surface area contributed by atoms with Gasteiger partial charge in [-0.25, -0.2) is 0 Å². The Labute approximate surface area is 106 Å². The van der Waals surface area contributed by atoms with E-state index in [0.717, 1.165) is 0 Å². The van der Waals surface area contributed by atoms with Crippen LogP contribution in [0.15, 0.2) is 24.3 Å². The quantitative estimate of drug-likeness (QED) is 0.781. The molecule has 0 heterocycles. The van der Waals surface area contributed by atoms with Crippen LogP contribution in [-0.2, 0) is 4.79 Å². The highest BCUT2D eigenvalue weighted by atomic mass is 16.5. The fourth-order valence-corrected chi connectivity index (χ4v) is 1.28. The highest BCUT2D eigenvalue weighted by Crippen LogP contribution is 2.16. The average molecular weight is 243 g/mol. The van der Waals surface area contributed by atoms with Crippen molar-refractivity contribution in [3.8, 4) is 17.9 Å². The Morgan fingerprint density at radius 3 is 2.78 bits per heavy atom. The third-order valence-electron chi connectivity index (χ3n) is 2.34. The summed E-state index contributed by atoms with van der Waals surface area (Å²) >= 11 is 0. The Morgan fingerprint density at radius 2 is 2.11 bits per heavy atom. The molecule has 1 aromatic carbocycles. The number of nitriles is 2. The van der Waals surface area contributed by atoms with Crippen LogP contribution in [0.25, 0.3) is 0 Å². The third-order valence-corrected chi connectivity index (χ3v) is 2.34. The molecule has 0 unspecified atom stereocenters. The van der Waals surface area contributed by atoms with E-state index in [4.69, 9.17) is 15.3 Å². The van der Waals surface area contributed by atoms with Crippen LogP contribution in [0.1, 0.15) is 12.0 Å². The number of ether oxygens (including phenoxy) is 1. The zero-order valence-corrected chi connectivity index (χ0v) is 10.1. The van der Waals surface area contributed by atoms with Gasteiger partial charge in [0.25, 0.3) is 5.91 Å². The normalized spacial score (nSPS) is 9.06. The van der Waals surface area contributed by atoms with E-state index in [1.807, 2.05) is 12.1 Å². The molecule has 1 amide bonds. The summed E-state index contributed by atoms with van der Waals surface area (Å²) in [5, 5.41) is 17.3. The maximum Gasteiger partial charge on any atom is 0.260 e. The zero-order chi connectivity index (χ0) is 13.4. The van der Waals surface area contributed by atoms with E-state index in [9.17, 15) is 4.79 Å². The van der Waals surface area contributed by atoms with Gasteiger partial charge in [-0.3, -0.25) is 4.79 Å². The van der Waals surface area contributed by atoms with Crippen LogP contribution in [-0.4, -0.2) is 31.0 Å². The molecule has 0 radical (unpaired) electrons. The van der Waals surface area contributed by atoms with E-state index in [-0.39, 0.29) is 18.9 Å². The summed E-state index contributed by atoms with van der Waals surface area (Å²) < 4.78 is 5.29. The molecule has 0 saturated carbocycles. The molecule has 1 rings (SSSR count). The predicted octanol–water partition coefficient (Wildman–Crippen LogP) is 1.31. The van der Waals surface area contributed by atoms with E-state index in [0.29, 0.717) is 17.9 Å². The van der Waals surface area contributed by atoms with Crippen molar-refractivity contribution in [1.29, 1.82) is 10.5 Å². The third kappa shape index (κ3) is 3.80. The van der Waals surface area contributed by atoms with E-state index < -0.39 is 0 Å². The number of benzene rings is 1. The summed E-state index contributed by atoms with van der Waals surface area (Å²) in [5.74, 6) is 0.167. The topological polar surface area (TPSA) is 77.1 Å². The largest absolute Gasteiger partial charge is 0.482 e. The second-order valence-corrected chi connectivity index (χ2v) is 3.62. The molecular weight excluding hydrogens is 230 g/mol. The smallest absolute Gasteiger partial charge is 0.260 e. The van der Waals surface area contributed by atoms with Crippen molar-refractivity contribution in [2.24, 2.45) is 0 Å². The second kappa shape index (κ2) is 6.93. The van der Waals surface area contributed by atoms with E-state index in [2.05, 4.69) is 0 Å². The van der Waals surface area contributed by atoms with Gasteiger partial charge in [-0.15, -0.1) is 0 Å². The monoisotopic (exact) mass is 243 g/mol. The van der Waals surface area contributed by atoms with Gasteiger partial charge in [-0.1, -0.05) is 12.1 Å². The molecule has 0 spiro atoms. The van der Waals surface area contributed by atoms with Crippen molar-refractivity contribution in [2.75, 3.05) is 20.2 Å². The minimum Gasteiger partial charge on any atom is -0.482 e. The Bertz CT molecular complexity index is 500.